The first-order chi connectivity index (χ1) is 8.04. The Hall–Kier alpha value is -1.50. The Balaban J connectivity index is 3.32. The lowest BCUT2D eigenvalue weighted by atomic mass is 9.86. The Labute approximate surface area is 109 Å². The first-order valence-electron chi connectivity index (χ1n) is 6.18. The van der Waals surface area contributed by atoms with E-state index in [0.717, 1.165) is 0 Å². The van der Waals surface area contributed by atoms with Crippen molar-refractivity contribution in [2.24, 2.45) is 5.92 Å². The number of nitrogens with zero attached hydrogens (tertiary/aromatic N) is 1. The number of piperazine rings is 1. The van der Waals surface area contributed by atoms with Gasteiger partial charge in [0.25, 0.3) is 0 Å². The predicted molar refractivity (Wildman–Crippen MR) is 70.6 cm³/mol. The van der Waals surface area contributed by atoms with Crippen molar-refractivity contribution in [1.29, 1.82) is 0 Å². The minimum atomic E-state index is -0.906. The Bertz CT molecular complexity index is 416. The number of hydrogen-bond donors (Lipinski definition) is 1. The van der Waals surface area contributed by atoms with E-state index in [4.69, 9.17) is 6.42 Å². The van der Waals surface area contributed by atoms with E-state index in [9.17, 15) is 9.59 Å². The van der Waals surface area contributed by atoms with Crippen LogP contribution in [0.25, 0.3) is 0 Å². The minimum absolute atomic E-state index is 0.0117. The number of carbonyl (C=O) groups excluding carboxylic acids is 2. The molecule has 2 amide bonds. The van der Waals surface area contributed by atoms with Gasteiger partial charge in [0.1, 0.15) is 11.6 Å². The molecule has 18 heavy (non-hydrogen) atoms. The highest BCUT2D eigenvalue weighted by molar-refractivity contribution is 6.00. The van der Waals surface area contributed by atoms with Crippen LogP contribution >= 0.6 is 0 Å². The fraction of sp³-hybridized carbons (Fsp3) is 0.714. The van der Waals surface area contributed by atoms with Gasteiger partial charge in [0, 0.05) is 0 Å². The smallest absolute Gasteiger partial charge is 0.249 e. The standard InChI is InChI=1S/C14H22N2O2/c1-8-13(4,5)16-10(9(2)3)11(17)15-14(6,7)12(16)18/h1,9-10H,2-7H3,(H,15,17). The van der Waals surface area contributed by atoms with E-state index in [1.165, 1.54) is 0 Å². The quantitative estimate of drug-likeness (QED) is 0.748. The van der Waals surface area contributed by atoms with E-state index >= 15 is 0 Å². The van der Waals surface area contributed by atoms with Gasteiger partial charge in [0.15, 0.2) is 0 Å². The van der Waals surface area contributed by atoms with Gasteiger partial charge in [-0.2, -0.15) is 0 Å². The highest BCUT2D eigenvalue weighted by Gasteiger charge is 2.50. The molecule has 1 heterocycles. The second-order valence-electron chi connectivity index (χ2n) is 6.18. The van der Waals surface area contributed by atoms with Gasteiger partial charge in [-0.1, -0.05) is 19.8 Å². The molecule has 1 fully saturated rings. The summed E-state index contributed by atoms with van der Waals surface area (Å²) in [5.41, 5.74) is -1.68. The fourth-order valence-electron chi connectivity index (χ4n) is 2.25. The molecule has 1 aliphatic rings. The highest BCUT2D eigenvalue weighted by Crippen LogP contribution is 2.29. The van der Waals surface area contributed by atoms with Gasteiger partial charge in [0.05, 0.1) is 5.54 Å². The zero-order chi connectivity index (χ0) is 14.3. The van der Waals surface area contributed by atoms with Gasteiger partial charge in [-0.25, -0.2) is 0 Å². The van der Waals surface area contributed by atoms with Crippen molar-refractivity contribution in [3.63, 3.8) is 0 Å². The van der Waals surface area contributed by atoms with Crippen LogP contribution in [0, 0.1) is 18.3 Å². The molecular weight excluding hydrogens is 228 g/mol. The van der Waals surface area contributed by atoms with Crippen LogP contribution in [0.1, 0.15) is 41.5 Å². The predicted octanol–water partition coefficient (Wildman–Crippen LogP) is 1.16. The summed E-state index contributed by atoms with van der Waals surface area (Å²) in [6.07, 6.45) is 5.52. The van der Waals surface area contributed by atoms with Gasteiger partial charge in [0.2, 0.25) is 11.8 Å². The number of terminal acetylenes is 1. The molecule has 4 heteroatoms. The first kappa shape index (κ1) is 14.6. The zero-order valence-electron chi connectivity index (χ0n) is 12.0. The SMILES string of the molecule is C#CC(C)(C)N1C(=O)C(C)(C)NC(=O)C1C(C)C. The summed E-state index contributed by atoms with van der Waals surface area (Å²) in [6, 6.07) is -0.517. The number of rotatable bonds is 2. The topological polar surface area (TPSA) is 49.4 Å². The van der Waals surface area contributed by atoms with Gasteiger partial charge in [-0.05, 0) is 33.6 Å². The summed E-state index contributed by atoms with van der Waals surface area (Å²) in [6.45, 7) is 10.8. The Kier molecular flexibility index (Phi) is 3.49. The molecular formula is C14H22N2O2. The molecule has 0 saturated carbocycles. The Morgan fingerprint density at radius 3 is 2.28 bits per heavy atom. The molecule has 100 valence electrons. The Morgan fingerprint density at radius 1 is 1.39 bits per heavy atom. The van der Waals surface area contributed by atoms with Crippen molar-refractivity contribution < 1.29 is 9.59 Å². The van der Waals surface area contributed by atoms with E-state index in [0.29, 0.717) is 0 Å². The average molecular weight is 250 g/mol. The third-order valence-corrected chi connectivity index (χ3v) is 3.32. The summed E-state index contributed by atoms with van der Waals surface area (Å²) in [5, 5.41) is 2.76. The lowest BCUT2D eigenvalue weighted by Gasteiger charge is -2.49. The summed E-state index contributed by atoms with van der Waals surface area (Å²) in [5.74, 6) is 2.35. The average Bonchev–Trinajstić information content (AvgIpc) is 2.21. The van der Waals surface area contributed by atoms with Crippen LogP contribution in [0.5, 0.6) is 0 Å². The van der Waals surface area contributed by atoms with Crippen LogP contribution in [0.2, 0.25) is 0 Å². The van der Waals surface area contributed by atoms with E-state index < -0.39 is 17.1 Å². The number of hydrogen-bond acceptors (Lipinski definition) is 2. The molecule has 1 aliphatic heterocycles. The molecule has 1 rings (SSSR count). The van der Waals surface area contributed by atoms with E-state index in [1.54, 1.807) is 32.6 Å². The molecule has 0 radical (unpaired) electrons. The molecule has 0 aromatic carbocycles. The Morgan fingerprint density at radius 2 is 1.89 bits per heavy atom. The van der Waals surface area contributed by atoms with Gasteiger partial charge in [-0.3, -0.25) is 9.59 Å². The van der Waals surface area contributed by atoms with Crippen molar-refractivity contribution in [1.82, 2.24) is 10.2 Å². The molecule has 1 atom stereocenters. The maximum absolute atomic E-state index is 12.5. The molecule has 1 N–H and O–H groups in total. The first-order valence-corrected chi connectivity index (χ1v) is 6.18. The lowest BCUT2D eigenvalue weighted by Crippen LogP contribution is -2.73. The van der Waals surface area contributed by atoms with Crippen molar-refractivity contribution in [2.75, 3.05) is 0 Å². The number of carbonyl (C=O) groups is 2. The molecule has 0 aromatic heterocycles. The molecule has 0 bridgehead atoms. The van der Waals surface area contributed by atoms with Crippen LogP contribution in [-0.4, -0.2) is 33.8 Å². The van der Waals surface area contributed by atoms with Crippen molar-refractivity contribution in [2.45, 2.75) is 58.7 Å². The van der Waals surface area contributed by atoms with Crippen LogP contribution < -0.4 is 5.32 Å². The third kappa shape index (κ3) is 2.22. The molecule has 4 nitrogen and oxygen atoms in total. The molecule has 1 saturated heterocycles. The highest BCUT2D eigenvalue weighted by atomic mass is 16.2. The zero-order valence-corrected chi connectivity index (χ0v) is 12.0. The summed E-state index contributed by atoms with van der Waals surface area (Å²) in [4.78, 5) is 26.3. The lowest BCUT2D eigenvalue weighted by molar-refractivity contribution is -0.160. The number of amides is 2. The number of nitrogens with one attached hydrogen (secondary N) is 1. The van der Waals surface area contributed by atoms with Crippen LogP contribution in [0.3, 0.4) is 0 Å². The third-order valence-electron chi connectivity index (χ3n) is 3.32. The fourth-order valence-corrected chi connectivity index (χ4v) is 2.25. The van der Waals surface area contributed by atoms with E-state index in [1.807, 2.05) is 13.8 Å². The summed E-state index contributed by atoms with van der Waals surface area (Å²) >= 11 is 0. The van der Waals surface area contributed by atoms with Gasteiger partial charge < -0.3 is 10.2 Å². The maximum Gasteiger partial charge on any atom is 0.249 e. The van der Waals surface area contributed by atoms with Crippen molar-refractivity contribution in [3.8, 4) is 12.3 Å². The van der Waals surface area contributed by atoms with Crippen molar-refractivity contribution >= 4 is 11.8 Å². The van der Waals surface area contributed by atoms with Crippen LogP contribution in [0.15, 0.2) is 0 Å². The van der Waals surface area contributed by atoms with Crippen molar-refractivity contribution in [3.05, 3.63) is 0 Å². The minimum Gasteiger partial charge on any atom is -0.340 e. The van der Waals surface area contributed by atoms with Gasteiger partial charge >= 0.3 is 0 Å². The van der Waals surface area contributed by atoms with Gasteiger partial charge in [-0.15, -0.1) is 6.42 Å². The van der Waals surface area contributed by atoms with Crippen LogP contribution in [0.4, 0.5) is 0 Å². The second-order valence-corrected chi connectivity index (χ2v) is 6.18. The normalized spacial score (nSPS) is 23.9. The van der Waals surface area contributed by atoms with E-state index in [2.05, 4.69) is 11.2 Å². The monoisotopic (exact) mass is 250 g/mol. The molecule has 0 aliphatic carbocycles. The van der Waals surface area contributed by atoms with Crippen LogP contribution in [-0.2, 0) is 9.59 Å². The summed E-state index contributed by atoms with van der Waals surface area (Å²) in [7, 11) is 0. The summed E-state index contributed by atoms with van der Waals surface area (Å²) < 4.78 is 0. The molecule has 1 unspecified atom stereocenters. The second kappa shape index (κ2) is 4.31. The largest absolute Gasteiger partial charge is 0.340 e. The van der Waals surface area contributed by atoms with E-state index in [-0.39, 0.29) is 17.7 Å². The molecule has 0 aromatic rings. The molecule has 0 spiro atoms. The maximum atomic E-state index is 12.5.